The van der Waals surface area contributed by atoms with E-state index in [0.717, 1.165) is 55.2 Å². The fraction of sp³-hybridized carbons (Fsp3) is 0.421. The highest BCUT2D eigenvalue weighted by Gasteiger charge is 2.23. The van der Waals surface area contributed by atoms with E-state index in [4.69, 9.17) is 4.98 Å². The van der Waals surface area contributed by atoms with Crippen LogP contribution in [0.3, 0.4) is 0 Å². The molecular weight excluding hydrogens is 298 g/mol. The third-order valence-electron chi connectivity index (χ3n) is 5.02. The lowest BCUT2D eigenvalue weighted by Crippen LogP contribution is -2.33. The largest absolute Gasteiger partial charge is 0.330 e. The molecule has 0 unspecified atom stereocenters. The number of aryl methyl sites for hydroxylation is 2. The third kappa shape index (κ3) is 2.91. The molecule has 24 heavy (non-hydrogen) atoms. The summed E-state index contributed by atoms with van der Waals surface area (Å²) in [6.45, 7) is 5.10. The van der Waals surface area contributed by atoms with Crippen LogP contribution in [0.2, 0.25) is 0 Å². The Kier molecular flexibility index (Phi) is 4.02. The van der Waals surface area contributed by atoms with Gasteiger partial charge in [0.15, 0.2) is 0 Å². The Hall–Kier alpha value is -2.27. The molecule has 5 heteroatoms. The van der Waals surface area contributed by atoms with Crippen molar-refractivity contribution in [3.8, 4) is 0 Å². The lowest BCUT2D eigenvalue weighted by molar-refractivity contribution is 0.197. The van der Waals surface area contributed by atoms with Crippen molar-refractivity contribution in [2.75, 3.05) is 13.1 Å². The fourth-order valence-electron chi connectivity index (χ4n) is 3.60. The van der Waals surface area contributed by atoms with E-state index in [1.54, 1.807) is 0 Å². The quantitative estimate of drug-likeness (QED) is 0.744. The van der Waals surface area contributed by atoms with Gasteiger partial charge in [0, 0.05) is 25.4 Å². The van der Waals surface area contributed by atoms with Gasteiger partial charge in [-0.3, -0.25) is 14.9 Å². The Bertz CT molecular complexity index is 846. The second-order valence-corrected chi connectivity index (χ2v) is 6.71. The van der Waals surface area contributed by atoms with E-state index in [2.05, 4.69) is 44.7 Å². The molecule has 0 amide bonds. The van der Waals surface area contributed by atoms with Crippen LogP contribution in [0, 0.1) is 6.92 Å². The molecule has 0 bridgehead atoms. The lowest BCUT2D eigenvalue weighted by Gasteiger charge is -2.31. The predicted molar refractivity (Wildman–Crippen MR) is 94.7 cm³/mol. The van der Waals surface area contributed by atoms with Crippen molar-refractivity contribution < 1.29 is 0 Å². The van der Waals surface area contributed by atoms with Crippen LogP contribution < -0.4 is 0 Å². The summed E-state index contributed by atoms with van der Waals surface area (Å²) in [4.78, 5) is 16.2. The second kappa shape index (κ2) is 6.32. The average molecular weight is 321 g/mol. The van der Waals surface area contributed by atoms with E-state index in [9.17, 15) is 0 Å². The monoisotopic (exact) mass is 321 g/mol. The molecule has 5 nitrogen and oxygen atoms in total. The minimum atomic E-state index is 0.536. The highest BCUT2D eigenvalue weighted by molar-refractivity contribution is 5.75. The summed E-state index contributed by atoms with van der Waals surface area (Å²) in [5.74, 6) is 1.68. The summed E-state index contributed by atoms with van der Waals surface area (Å²) in [6.07, 6.45) is 6.04. The first kappa shape index (κ1) is 15.3. The first-order valence-corrected chi connectivity index (χ1v) is 8.62. The number of aromatic nitrogens is 4. The highest BCUT2D eigenvalue weighted by Crippen LogP contribution is 2.27. The van der Waals surface area contributed by atoms with Crippen molar-refractivity contribution in [3.63, 3.8) is 0 Å². The van der Waals surface area contributed by atoms with E-state index in [0.29, 0.717) is 5.92 Å². The molecule has 0 N–H and O–H groups in total. The molecule has 0 atom stereocenters. The molecule has 3 aromatic rings. The Balaban J connectivity index is 1.43. The summed E-state index contributed by atoms with van der Waals surface area (Å²) in [5, 5.41) is 0. The van der Waals surface area contributed by atoms with Crippen LogP contribution in [0.15, 0.2) is 36.7 Å². The number of para-hydroxylation sites is 2. The van der Waals surface area contributed by atoms with Crippen LogP contribution in [0.25, 0.3) is 11.0 Å². The fourth-order valence-corrected chi connectivity index (χ4v) is 3.60. The number of benzene rings is 1. The third-order valence-corrected chi connectivity index (χ3v) is 5.02. The Morgan fingerprint density at radius 1 is 1.08 bits per heavy atom. The molecule has 2 aromatic heterocycles. The van der Waals surface area contributed by atoms with Crippen LogP contribution in [0.4, 0.5) is 0 Å². The highest BCUT2D eigenvalue weighted by atomic mass is 15.2. The van der Waals surface area contributed by atoms with Crippen LogP contribution in [0.5, 0.6) is 0 Å². The zero-order valence-electron chi connectivity index (χ0n) is 14.3. The van der Waals surface area contributed by atoms with E-state index >= 15 is 0 Å². The molecule has 1 aliphatic heterocycles. The van der Waals surface area contributed by atoms with E-state index in [1.807, 2.05) is 25.4 Å². The molecule has 1 saturated heterocycles. The number of piperidine rings is 1. The van der Waals surface area contributed by atoms with E-state index in [1.165, 1.54) is 5.52 Å². The number of hydrogen-bond acceptors (Lipinski definition) is 4. The van der Waals surface area contributed by atoms with Gasteiger partial charge in [-0.05, 0) is 45.0 Å². The van der Waals surface area contributed by atoms with Gasteiger partial charge in [0.25, 0.3) is 0 Å². The molecule has 1 fully saturated rings. The Labute approximate surface area is 142 Å². The molecule has 0 radical (unpaired) electrons. The topological polar surface area (TPSA) is 46.8 Å². The molecule has 1 aliphatic rings. The number of rotatable bonds is 3. The molecule has 1 aromatic carbocycles. The lowest BCUT2D eigenvalue weighted by atomic mass is 9.93. The van der Waals surface area contributed by atoms with Gasteiger partial charge >= 0.3 is 0 Å². The van der Waals surface area contributed by atoms with Crippen LogP contribution in [0.1, 0.15) is 36.0 Å². The van der Waals surface area contributed by atoms with Crippen molar-refractivity contribution in [2.24, 2.45) is 7.05 Å². The first-order valence-electron chi connectivity index (χ1n) is 8.62. The maximum atomic E-state index is 4.79. The number of imidazole rings is 1. The number of fused-ring (bicyclic) bond motifs is 1. The number of likely N-dealkylation sites (tertiary alicyclic amines) is 1. The normalized spacial score (nSPS) is 16.8. The van der Waals surface area contributed by atoms with Gasteiger partial charge in [-0.1, -0.05) is 12.1 Å². The van der Waals surface area contributed by atoms with Crippen molar-refractivity contribution >= 4 is 11.0 Å². The van der Waals surface area contributed by atoms with Crippen molar-refractivity contribution in [3.05, 3.63) is 53.9 Å². The smallest absolute Gasteiger partial charge is 0.123 e. The van der Waals surface area contributed by atoms with Crippen LogP contribution in [-0.4, -0.2) is 37.5 Å². The summed E-state index contributed by atoms with van der Waals surface area (Å²) < 4.78 is 2.22. The zero-order chi connectivity index (χ0) is 16.5. The molecule has 124 valence electrons. The summed E-state index contributed by atoms with van der Waals surface area (Å²) in [5.41, 5.74) is 4.45. The van der Waals surface area contributed by atoms with Crippen molar-refractivity contribution in [2.45, 2.75) is 32.2 Å². The van der Waals surface area contributed by atoms with Gasteiger partial charge in [0.2, 0.25) is 0 Å². The Morgan fingerprint density at radius 3 is 2.62 bits per heavy atom. The van der Waals surface area contributed by atoms with Crippen LogP contribution in [-0.2, 0) is 13.6 Å². The number of hydrogen-bond donors (Lipinski definition) is 0. The maximum Gasteiger partial charge on any atom is 0.123 e. The summed E-state index contributed by atoms with van der Waals surface area (Å²) in [6, 6.07) is 8.34. The SMILES string of the molecule is Cc1cncc(C2CCN(Cc3nc4ccccc4n3C)CC2)n1. The standard InChI is InChI=1S/C19H23N5/c1-14-11-20-12-17(21-14)15-7-9-24(10-8-15)13-19-22-16-5-3-4-6-18(16)23(19)2/h3-6,11-12,15H,7-10,13H2,1-2H3. The van der Waals surface area contributed by atoms with Gasteiger partial charge in [-0.2, -0.15) is 0 Å². The molecule has 3 heterocycles. The van der Waals surface area contributed by atoms with Gasteiger partial charge in [0.05, 0.1) is 29.0 Å². The first-order chi connectivity index (χ1) is 11.7. The van der Waals surface area contributed by atoms with Gasteiger partial charge < -0.3 is 4.57 Å². The minimum Gasteiger partial charge on any atom is -0.330 e. The zero-order valence-corrected chi connectivity index (χ0v) is 14.3. The van der Waals surface area contributed by atoms with Gasteiger partial charge in [0.1, 0.15) is 5.82 Å². The number of nitrogens with zero attached hydrogens (tertiary/aromatic N) is 5. The molecule has 4 rings (SSSR count). The van der Waals surface area contributed by atoms with E-state index in [-0.39, 0.29) is 0 Å². The molecule has 0 saturated carbocycles. The predicted octanol–water partition coefficient (Wildman–Crippen LogP) is 3.05. The maximum absolute atomic E-state index is 4.79. The molecular formula is C19H23N5. The molecule has 0 spiro atoms. The second-order valence-electron chi connectivity index (χ2n) is 6.71. The average Bonchev–Trinajstić information content (AvgIpc) is 2.92. The van der Waals surface area contributed by atoms with Crippen molar-refractivity contribution in [1.82, 2.24) is 24.4 Å². The Morgan fingerprint density at radius 2 is 1.88 bits per heavy atom. The summed E-state index contributed by atoms with van der Waals surface area (Å²) in [7, 11) is 2.11. The van der Waals surface area contributed by atoms with Crippen LogP contribution >= 0.6 is 0 Å². The van der Waals surface area contributed by atoms with Gasteiger partial charge in [-0.25, -0.2) is 4.98 Å². The van der Waals surface area contributed by atoms with Gasteiger partial charge in [-0.15, -0.1) is 0 Å². The van der Waals surface area contributed by atoms with Crippen molar-refractivity contribution in [1.29, 1.82) is 0 Å². The van der Waals surface area contributed by atoms with E-state index < -0.39 is 0 Å². The summed E-state index contributed by atoms with van der Waals surface area (Å²) >= 11 is 0. The minimum absolute atomic E-state index is 0.536. The molecule has 0 aliphatic carbocycles.